The van der Waals surface area contributed by atoms with Gasteiger partial charge in [0.05, 0.1) is 18.2 Å². The van der Waals surface area contributed by atoms with Gasteiger partial charge in [0.2, 0.25) is 0 Å². The summed E-state index contributed by atoms with van der Waals surface area (Å²) in [6.45, 7) is 0.775. The van der Waals surface area contributed by atoms with Crippen molar-refractivity contribution in [3.05, 3.63) is 47.3 Å². The first-order valence-electron chi connectivity index (χ1n) is 5.23. The van der Waals surface area contributed by atoms with Crippen LogP contribution >= 0.6 is 11.6 Å². The Balaban J connectivity index is 1.95. The van der Waals surface area contributed by atoms with Crippen LogP contribution in [0.2, 0.25) is 0 Å². The highest BCUT2D eigenvalue weighted by molar-refractivity contribution is 6.22. The average molecular weight is 235 g/mol. The monoisotopic (exact) mass is 234 g/mol. The molecular weight excluding hydrogens is 224 g/mol. The molecule has 1 N–H and O–H groups in total. The highest BCUT2D eigenvalue weighted by atomic mass is 35.5. The van der Waals surface area contributed by atoms with Crippen molar-refractivity contribution in [1.82, 2.24) is 10.2 Å². The summed E-state index contributed by atoms with van der Waals surface area (Å²) >= 11 is 6.37. The summed E-state index contributed by atoms with van der Waals surface area (Å²) in [5.74, 6) is 0.986. The maximum Gasteiger partial charge on any atom is 0.122 e. The molecule has 1 unspecified atom stereocenters. The fraction of sp³-hybridized carbons (Fsp3) is 0.250. The Kier molecular flexibility index (Phi) is 2.33. The molecule has 1 atom stereocenters. The predicted molar refractivity (Wildman–Crippen MR) is 61.9 cm³/mol. The van der Waals surface area contributed by atoms with Gasteiger partial charge >= 0.3 is 0 Å². The maximum atomic E-state index is 6.37. The minimum absolute atomic E-state index is 0.148. The summed E-state index contributed by atoms with van der Waals surface area (Å²) in [6, 6.07) is 6.12. The minimum Gasteiger partial charge on any atom is -0.493 e. The molecule has 0 amide bonds. The van der Waals surface area contributed by atoms with Crippen LogP contribution in [0.4, 0.5) is 0 Å². The van der Waals surface area contributed by atoms with Crippen LogP contribution in [0.5, 0.6) is 5.75 Å². The number of hydrogen-bond donors (Lipinski definition) is 1. The number of aromatic amines is 1. The summed E-state index contributed by atoms with van der Waals surface area (Å²) in [6.07, 6.45) is 4.54. The summed E-state index contributed by atoms with van der Waals surface area (Å²) in [5, 5.41) is 6.53. The van der Waals surface area contributed by atoms with Crippen LogP contribution in [0.1, 0.15) is 22.1 Å². The lowest BCUT2D eigenvalue weighted by molar-refractivity contribution is 0.357. The zero-order valence-electron chi connectivity index (χ0n) is 8.61. The Morgan fingerprint density at radius 1 is 1.38 bits per heavy atom. The van der Waals surface area contributed by atoms with Crippen LogP contribution in [0, 0.1) is 0 Å². The van der Waals surface area contributed by atoms with Gasteiger partial charge in [-0.15, -0.1) is 11.6 Å². The Hall–Kier alpha value is -1.48. The van der Waals surface area contributed by atoms with E-state index in [1.54, 1.807) is 6.20 Å². The molecular formula is C12H11ClN2O. The van der Waals surface area contributed by atoms with Crippen molar-refractivity contribution in [3.63, 3.8) is 0 Å². The molecule has 1 aliphatic rings. The van der Waals surface area contributed by atoms with Crippen LogP contribution in [-0.2, 0) is 6.42 Å². The van der Waals surface area contributed by atoms with Crippen molar-refractivity contribution >= 4 is 11.6 Å². The number of fused-ring (bicyclic) bond motifs is 1. The second-order valence-electron chi connectivity index (χ2n) is 3.86. The van der Waals surface area contributed by atoms with Crippen molar-refractivity contribution in [2.24, 2.45) is 0 Å². The molecule has 2 heterocycles. The fourth-order valence-corrected chi connectivity index (χ4v) is 2.21. The molecule has 82 valence electrons. The number of aromatic nitrogens is 2. The fourth-order valence-electron chi connectivity index (χ4n) is 1.96. The third-order valence-electron chi connectivity index (χ3n) is 2.82. The van der Waals surface area contributed by atoms with E-state index in [0.717, 1.165) is 29.9 Å². The van der Waals surface area contributed by atoms with Crippen molar-refractivity contribution in [2.75, 3.05) is 6.61 Å². The van der Waals surface area contributed by atoms with E-state index < -0.39 is 0 Å². The van der Waals surface area contributed by atoms with Crippen molar-refractivity contribution in [2.45, 2.75) is 11.8 Å². The van der Waals surface area contributed by atoms with E-state index >= 15 is 0 Å². The summed E-state index contributed by atoms with van der Waals surface area (Å²) < 4.78 is 5.46. The lowest BCUT2D eigenvalue weighted by atomic mass is 10.0. The molecule has 0 spiro atoms. The van der Waals surface area contributed by atoms with Gasteiger partial charge in [-0.2, -0.15) is 5.10 Å². The largest absolute Gasteiger partial charge is 0.493 e. The molecule has 3 rings (SSSR count). The number of nitrogens with zero attached hydrogens (tertiary/aromatic N) is 1. The van der Waals surface area contributed by atoms with Crippen molar-refractivity contribution in [3.8, 4) is 5.75 Å². The molecule has 0 saturated carbocycles. The lowest BCUT2D eigenvalue weighted by Gasteiger charge is -2.08. The molecule has 0 radical (unpaired) electrons. The Labute approximate surface area is 98.4 Å². The second-order valence-corrected chi connectivity index (χ2v) is 4.30. The number of H-pyrrole nitrogens is 1. The van der Waals surface area contributed by atoms with Crippen LogP contribution in [-0.4, -0.2) is 16.8 Å². The van der Waals surface area contributed by atoms with E-state index in [9.17, 15) is 0 Å². The van der Waals surface area contributed by atoms with E-state index in [1.165, 1.54) is 5.56 Å². The predicted octanol–water partition coefficient (Wildman–Crippen LogP) is 2.67. The molecule has 0 saturated heterocycles. The zero-order valence-corrected chi connectivity index (χ0v) is 9.37. The first kappa shape index (κ1) is 9.73. The van der Waals surface area contributed by atoms with E-state index in [4.69, 9.17) is 16.3 Å². The van der Waals surface area contributed by atoms with E-state index in [0.29, 0.717) is 0 Å². The summed E-state index contributed by atoms with van der Waals surface area (Å²) in [5.41, 5.74) is 3.32. The number of benzene rings is 1. The summed E-state index contributed by atoms with van der Waals surface area (Å²) in [4.78, 5) is 0. The molecule has 0 bridgehead atoms. The maximum absolute atomic E-state index is 6.37. The molecule has 0 fully saturated rings. The molecule has 1 aliphatic heterocycles. The topological polar surface area (TPSA) is 37.9 Å². The first-order chi connectivity index (χ1) is 7.84. The van der Waals surface area contributed by atoms with Crippen LogP contribution in [0.15, 0.2) is 30.6 Å². The van der Waals surface area contributed by atoms with Gasteiger partial charge in [0.1, 0.15) is 5.75 Å². The van der Waals surface area contributed by atoms with Gasteiger partial charge in [0.25, 0.3) is 0 Å². The SMILES string of the molecule is ClC(c1cn[nH]c1)c1ccc2c(c1)CCO2. The number of halogens is 1. The lowest BCUT2D eigenvalue weighted by Crippen LogP contribution is -1.92. The van der Waals surface area contributed by atoms with E-state index in [2.05, 4.69) is 16.3 Å². The second kappa shape index (κ2) is 3.83. The highest BCUT2D eigenvalue weighted by Crippen LogP contribution is 2.33. The zero-order chi connectivity index (χ0) is 11.0. The number of nitrogens with one attached hydrogen (secondary N) is 1. The standard InChI is InChI=1S/C12H11ClN2O/c13-12(10-6-14-15-7-10)9-1-2-11-8(5-9)3-4-16-11/h1-2,5-7,12H,3-4H2,(H,14,15). The Morgan fingerprint density at radius 3 is 3.12 bits per heavy atom. The van der Waals surface area contributed by atoms with Crippen molar-refractivity contribution < 1.29 is 4.74 Å². The quantitative estimate of drug-likeness (QED) is 0.812. The molecule has 0 aliphatic carbocycles. The average Bonchev–Trinajstić information content (AvgIpc) is 2.98. The number of alkyl halides is 1. The highest BCUT2D eigenvalue weighted by Gasteiger charge is 2.17. The first-order valence-corrected chi connectivity index (χ1v) is 5.66. The van der Waals surface area contributed by atoms with Gasteiger partial charge in [0, 0.05) is 18.2 Å². The number of hydrogen-bond acceptors (Lipinski definition) is 2. The Morgan fingerprint density at radius 2 is 2.31 bits per heavy atom. The van der Waals surface area contributed by atoms with E-state index in [1.807, 2.05) is 18.3 Å². The molecule has 1 aromatic heterocycles. The Bertz CT molecular complexity index is 496. The molecule has 3 nitrogen and oxygen atoms in total. The smallest absolute Gasteiger partial charge is 0.122 e. The third-order valence-corrected chi connectivity index (χ3v) is 3.32. The third kappa shape index (κ3) is 1.57. The van der Waals surface area contributed by atoms with Crippen LogP contribution in [0.25, 0.3) is 0 Å². The van der Waals surface area contributed by atoms with Gasteiger partial charge in [-0.1, -0.05) is 12.1 Å². The molecule has 4 heteroatoms. The normalized spacial score (nSPS) is 15.6. The molecule has 16 heavy (non-hydrogen) atoms. The van der Waals surface area contributed by atoms with Gasteiger partial charge in [0.15, 0.2) is 0 Å². The van der Waals surface area contributed by atoms with Gasteiger partial charge < -0.3 is 4.74 Å². The number of rotatable bonds is 2. The van der Waals surface area contributed by atoms with Gasteiger partial charge in [-0.05, 0) is 17.2 Å². The minimum atomic E-state index is -0.148. The molecule has 1 aromatic carbocycles. The van der Waals surface area contributed by atoms with Crippen molar-refractivity contribution in [1.29, 1.82) is 0 Å². The van der Waals surface area contributed by atoms with E-state index in [-0.39, 0.29) is 5.38 Å². The van der Waals surface area contributed by atoms with Crippen LogP contribution in [0.3, 0.4) is 0 Å². The number of ether oxygens (including phenoxy) is 1. The van der Waals surface area contributed by atoms with Crippen LogP contribution < -0.4 is 4.74 Å². The van der Waals surface area contributed by atoms with Gasteiger partial charge in [-0.25, -0.2) is 0 Å². The molecule has 2 aromatic rings. The summed E-state index contributed by atoms with van der Waals surface area (Å²) in [7, 11) is 0. The van der Waals surface area contributed by atoms with Gasteiger partial charge in [-0.3, -0.25) is 5.10 Å².